The number of rotatable bonds is 2. The zero-order valence-electron chi connectivity index (χ0n) is 9.65. The van der Waals surface area contributed by atoms with Gasteiger partial charge in [-0.3, -0.25) is 4.79 Å². The van der Waals surface area contributed by atoms with E-state index in [4.69, 9.17) is 0 Å². The van der Waals surface area contributed by atoms with Gasteiger partial charge in [-0.1, -0.05) is 29.5 Å². The summed E-state index contributed by atoms with van der Waals surface area (Å²) in [6.07, 6.45) is 3.39. The summed E-state index contributed by atoms with van der Waals surface area (Å²) in [7, 11) is 0. The van der Waals surface area contributed by atoms with Gasteiger partial charge < -0.3 is 0 Å². The molecule has 4 nitrogen and oxygen atoms in total. The smallest absolute Gasteiger partial charge is 0.267 e. The van der Waals surface area contributed by atoms with Crippen LogP contribution in [-0.4, -0.2) is 14.6 Å². The van der Waals surface area contributed by atoms with Gasteiger partial charge in [0.05, 0.1) is 5.69 Å². The van der Waals surface area contributed by atoms with Gasteiger partial charge in [0.1, 0.15) is 11.3 Å². The fourth-order valence-corrected chi connectivity index (χ4v) is 2.28. The predicted molar refractivity (Wildman–Crippen MR) is 72.5 cm³/mol. The van der Waals surface area contributed by atoms with Crippen LogP contribution in [0, 0.1) is 5.82 Å². The number of benzene rings is 1. The molecule has 0 aliphatic carbocycles. The minimum atomic E-state index is -0.298. The van der Waals surface area contributed by atoms with E-state index < -0.39 is 0 Å². The lowest BCUT2D eigenvalue weighted by Crippen LogP contribution is -2.13. The molecule has 0 atom stereocenters. The number of hydrogen-bond donors (Lipinski definition) is 0. The number of fused-ring (bicyclic) bond motifs is 1. The van der Waals surface area contributed by atoms with Gasteiger partial charge in [-0.15, -0.1) is 0 Å². The number of hydrogen-bond acceptors (Lipinski definition) is 4. The first kappa shape index (κ1) is 11.7. The lowest BCUT2D eigenvalue weighted by molar-refractivity contribution is 0.627. The maximum absolute atomic E-state index is 13.0. The third-order valence-corrected chi connectivity index (χ3v) is 3.18. The summed E-state index contributed by atoms with van der Waals surface area (Å²) in [5.41, 5.74) is 2.57. The van der Waals surface area contributed by atoms with Crippen molar-refractivity contribution in [2.75, 3.05) is 0 Å². The summed E-state index contributed by atoms with van der Waals surface area (Å²) in [6.45, 7) is 0. The summed E-state index contributed by atoms with van der Waals surface area (Å²) in [5, 5.41) is 3.88. The van der Waals surface area contributed by atoms with Crippen molar-refractivity contribution in [3.8, 4) is 0 Å². The molecule has 0 radical (unpaired) electrons. The summed E-state index contributed by atoms with van der Waals surface area (Å²) >= 11 is 1.29. The lowest BCUT2D eigenvalue weighted by Gasteiger charge is -1.95. The van der Waals surface area contributed by atoms with Crippen molar-refractivity contribution in [3.63, 3.8) is 0 Å². The quantitative estimate of drug-likeness (QED) is 0.720. The van der Waals surface area contributed by atoms with Gasteiger partial charge in [-0.2, -0.15) is 9.61 Å². The topological polar surface area (TPSA) is 47.3 Å². The molecular weight excluding hydrogens is 265 g/mol. The second-order valence-corrected chi connectivity index (χ2v) is 4.65. The second-order valence-electron chi connectivity index (χ2n) is 3.84. The van der Waals surface area contributed by atoms with E-state index in [-0.39, 0.29) is 11.4 Å². The van der Waals surface area contributed by atoms with Crippen LogP contribution in [0.3, 0.4) is 0 Å². The zero-order chi connectivity index (χ0) is 13.2. The molecule has 0 N–H and O–H groups in total. The molecule has 6 heteroatoms. The molecule has 0 bridgehead atoms. The van der Waals surface area contributed by atoms with E-state index in [2.05, 4.69) is 10.1 Å². The summed E-state index contributed by atoms with van der Waals surface area (Å²) in [6, 6.07) is 7.59. The first-order valence-electron chi connectivity index (χ1n) is 5.49. The van der Waals surface area contributed by atoms with Crippen LogP contribution in [0.25, 0.3) is 17.1 Å². The van der Waals surface area contributed by atoms with Crippen LogP contribution in [0.2, 0.25) is 0 Å². The third-order valence-electron chi connectivity index (χ3n) is 2.50. The fraction of sp³-hybridized carbons (Fsp3) is 0. The van der Waals surface area contributed by atoms with Crippen molar-refractivity contribution < 1.29 is 4.39 Å². The molecule has 0 aliphatic heterocycles. The van der Waals surface area contributed by atoms with Crippen LogP contribution in [0.5, 0.6) is 0 Å². The molecule has 1 aromatic carbocycles. The number of nitrogens with zero attached hydrogens (tertiary/aromatic N) is 3. The molecule has 0 amide bonds. The Hall–Kier alpha value is -2.34. The van der Waals surface area contributed by atoms with Crippen LogP contribution in [-0.2, 0) is 0 Å². The van der Waals surface area contributed by atoms with Gasteiger partial charge >= 0.3 is 0 Å². The predicted octanol–water partition coefficient (Wildman–Crippen LogP) is 2.46. The minimum absolute atomic E-state index is 0.231. The summed E-state index contributed by atoms with van der Waals surface area (Å²) in [5.74, 6) is -0.298. The van der Waals surface area contributed by atoms with E-state index in [0.717, 1.165) is 0 Å². The Morgan fingerprint density at radius 2 is 2.16 bits per heavy atom. The Morgan fingerprint density at radius 3 is 3.00 bits per heavy atom. The highest BCUT2D eigenvalue weighted by atomic mass is 32.1. The first-order chi connectivity index (χ1) is 9.22. The lowest BCUT2D eigenvalue weighted by atomic mass is 10.2. The van der Waals surface area contributed by atoms with Crippen molar-refractivity contribution in [3.05, 3.63) is 63.3 Å². The van der Waals surface area contributed by atoms with Gasteiger partial charge in [0, 0.05) is 6.07 Å². The van der Waals surface area contributed by atoms with Crippen LogP contribution in [0.4, 0.5) is 4.39 Å². The van der Waals surface area contributed by atoms with Crippen LogP contribution >= 0.6 is 11.3 Å². The molecule has 0 saturated heterocycles. The van der Waals surface area contributed by atoms with Crippen molar-refractivity contribution in [2.45, 2.75) is 0 Å². The molecule has 2 aromatic heterocycles. The van der Waals surface area contributed by atoms with Crippen molar-refractivity contribution in [1.29, 1.82) is 0 Å². The van der Waals surface area contributed by atoms with E-state index in [1.807, 2.05) is 0 Å². The van der Waals surface area contributed by atoms with E-state index in [1.165, 1.54) is 34.1 Å². The molecule has 0 spiro atoms. The van der Waals surface area contributed by atoms with Gasteiger partial charge in [-0.05, 0) is 23.8 Å². The highest BCUT2D eigenvalue weighted by molar-refractivity contribution is 7.14. The summed E-state index contributed by atoms with van der Waals surface area (Å²) in [4.78, 5) is 16.5. The fourth-order valence-electron chi connectivity index (χ4n) is 1.65. The number of halogens is 1. The Kier molecular flexibility index (Phi) is 2.92. The Balaban J connectivity index is 1.99. The molecule has 19 heavy (non-hydrogen) atoms. The molecular formula is C13H8FN3OS. The van der Waals surface area contributed by atoms with Gasteiger partial charge in [0.25, 0.3) is 5.56 Å². The minimum Gasteiger partial charge on any atom is -0.267 e. The average molecular weight is 273 g/mol. The van der Waals surface area contributed by atoms with E-state index in [1.54, 1.807) is 29.8 Å². The maximum Gasteiger partial charge on any atom is 0.275 e. The third kappa shape index (κ3) is 2.43. The standard InChI is InChI=1S/C13H8FN3OS/c14-10-3-1-2-9(6-10)4-5-11-7-12(18)17-13(16-11)19-8-15-17/h1-8H/b5-4+. The zero-order valence-corrected chi connectivity index (χ0v) is 10.5. The van der Waals surface area contributed by atoms with Crippen molar-refractivity contribution in [1.82, 2.24) is 14.6 Å². The monoisotopic (exact) mass is 273 g/mol. The van der Waals surface area contributed by atoms with E-state index in [0.29, 0.717) is 16.2 Å². The largest absolute Gasteiger partial charge is 0.275 e. The molecule has 3 aromatic rings. The van der Waals surface area contributed by atoms with E-state index >= 15 is 0 Å². The maximum atomic E-state index is 13.0. The Morgan fingerprint density at radius 1 is 1.26 bits per heavy atom. The summed E-state index contributed by atoms with van der Waals surface area (Å²) < 4.78 is 14.3. The molecule has 2 heterocycles. The second kappa shape index (κ2) is 4.74. The van der Waals surface area contributed by atoms with Crippen LogP contribution in [0.15, 0.2) is 40.6 Å². The molecule has 0 saturated carbocycles. The molecule has 0 unspecified atom stereocenters. The Labute approximate surface area is 111 Å². The van der Waals surface area contributed by atoms with E-state index in [9.17, 15) is 9.18 Å². The highest BCUT2D eigenvalue weighted by Gasteiger charge is 2.01. The van der Waals surface area contributed by atoms with Crippen LogP contribution < -0.4 is 5.56 Å². The molecule has 3 rings (SSSR count). The normalized spacial score (nSPS) is 11.4. The number of aromatic nitrogens is 3. The SMILES string of the molecule is O=c1cc(/C=C/c2cccc(F)c2)nc2scnn12. The first-order valence-corrected chi connectivity index (χ1v) is 6.37. The van der Waals surface area contributed by atoms with Crippen molar-refractivity contribution >= 4 is 28.4 Å². The van der Waals surface area contributed by atoms with Crippen molar-refractivity contribution in [2.24, 2.45) is 0 Å². The highest BCUT2D eigenvalue weighted by Crippen LogP contribution is 2.09. The van der Waals surface area contributed by atoms with Gasteiger partial charge in [0.2, 0.25) is 4.96 Å². The molecule has 0 fully saturated rings. The Bertz CT molecular complexity index is 822. The molecule has 94 valence electrons. The van der Waals surface area contributed by atoms with Gasteiger partial charge in [-0.25, -0.2) is 9.37 Å². The average Bonchev–Trinajstić information content (AvgIpc) is 2.85. The van der Waals surface area contributed by atoms with Gasteiger partial charge in [0.15, 0.2) is 0 Å². The van der Waals surface area contributed by atoms with Crippen LogP contribution in [0.1, 0.15) is 11.3 Å². The molecule has 0 aliphatic rings.